The first-order valence-electron chi connectivity index (χ1n) is 10.9. The molecular formula is C25H28N2O4S. The van der Waals surface area contributed by atoms with Crippen molar-refractivity contribution in [3.8, 4) is 5.75 Å². The third-order valence-electron chi connectivity index (χ3n) is 5.81. The van der Waals surface area contributed by atoms with Gasteiger partial charge in [0, 0.05) is 19.6 Å². The summed E-state index contributed by atoms with van der Waals surface area (Å²) in [5.74, 6) is 0.269. The highest BCUT2D eigenvalue weighted by molar-refractivity contribution is 7.89. The fraction of sp³-hybridized carbons (Fsp3) is 0.320. The summed E-state index contributed by atoms with van der Waals surface area (Å²) in [4.78, 5) is 12.6. The lowest BCUT2D eigenvalue weighted by molar-refractivity contribution is -0.123. The topological polar surface area (TPSA) is 75.7 Å². The molecule has 3 aromatic rings. The summed E-state index contributed by atoms with van der Waals surface area (Å²) >= 11 is 0. The van der Waals surface area contributed by atoms with Crippen molar-refractivity contribution in [2.75, 3.05) is 19.7 Å². The Kier molecular flexibility index (Phi) is 6.77. The van der Waals surface area contributed by atoms with E-state index in [1.165, 1.54) is 0 Å². The number of sulfonamides is 1. The number of nitrogens with zero attached hydrogens (tertiary/aromatic N) is 1. The Balaban J connectivity index is 1.35. The highest BCUT2D eigenvalue weighted by Gasteiger charge is 2.26. The predicted molar refractivity (Wildman–Crippen MR) is 125 cm³/mol. The van der Waals surface area contributed by atoms with Crippen LogP contribution in [0.15, 0.2) is 65.6 Å². The molecule has 0 radical (unpaired) electrons. The summed E-state index contributed by atoms with van der Waals surface area (Å²) in [5, 5.41) is 5.13. The fourth-order valence-corrected chi connectivity index (χ4v) is 5.64. The standard InChI is InChI=1S/C25H28N2O4S/c1-19-16-22(32(29,30)27-14-5-2-6-15-27)12-13-24(19)31-18-25(28)26-17-21-10-7-9-20-8-3-4-11-23(20)21/h3-4,7-13,16H,2,5-6,14-15,17-18H2,1H3,(H,26,28). The van der Waals surface area contributed by atoms with Gasteiger partial charge in [-0.15, -0.1) is 0 Å². The van der Waals surface area contributed by atoms with Crippen molar-refractivity contribution in [2.24, 2.45) is 0 Å². The molecule has 7 heteroatoms. The van der Waals surface area contributed by atoms with Crippen LogP contribution in [0.5, 0.6) is 5.75 Å². The zero-order valence-corrected chi connectivity index (χ0v) is 19.0. The summed E-state index contributed by atoms with van der Waals surface area (Å²) in [6.45, 7) is 3.20. The Morgan fingerprint density at radius 2 is 1.75 bits per heavy atom. The lowest BCUT2D eigenvalue weighted by atomic mass is 10.0. The van der Waals surface area contributed by atoms with Gasteiger partial charge in [-0.1, -0.05) is 48.9 Å². The highest BCUT2D eigenvalue weighted by Crippen LogP contribution is 2.26. The van der Waals surface area contributed by atoms with Crippen LogP contribution in [-0.2, 0) is 21.4 Å². The Bertz CT molecular complexity index is 1210. The van der Waals surface area contributed by atoms with Gasteiger partial charge in [0.05, 0.1) is 4.90 Å². The Hall–Kier alpha value is -2.90. The van der Waals surface area contributed by atoms with Crippen LogP contribution < -0.4 is 10.1 Å². The zero-order valence-electron chi connectivity index (χ0n) is 18.2. The van der Waals surface area contributed by atoms with E-state index in [-0.39, 0.29) is 17.4 Å². The van der Waals surface area contributed by atoms with E-state index < -0.39 is 10.0 Å². The molecule has 0 unspecified atom stereocenters. The first-order valence-corrected chi connectivity index (χ1v) is 12.4. The molecule has 1 amide bonds. The number of aryl methyl sites for hydroxylation is 1. The number of carbonyl (C=O) groups is 1. The zero-order chi connectivity index (χ0) is 22.6. The second-order valence-corrected chi connectivity index (χ2v) is 10.0. The van der Waals surface area contributed by atoms with Gasteiger partial charge in [0.25, 0.3) is 5.91 Å². The van der Waals surface area contributed by atoms with Gasteiger partial charge >= 0.3 is 0 Å². The number of fused-ring (bicyclic) bond motifs is 1. The minimum atomic E-state index is -3.49. The van der Waals surface area contributed by atoms with Gasteiger partial charge in [-0.2, -0.15) is 4.31 Å². The predicted octanol–water partition coefficient (Wildman–Crippen LogP) is 4.02. The number of nitrogens with one attached hydrogen (secondary N) is 1. The largest absolute Gasteiger partial charge is 0.484 e. The number of rotatable bonds is 7. The van der Waals surface area contributed by atoms with Crippen molar-refractivity contribution in [1.82, 2.24) is 9.62 Å². The molecule has 3 aromatic carbocycles. The average molecular weight is 453 g/mol. The van der Waals surface area contributed by atoms with Gasteiger partial charge in [-0.05, 0) is 59.9 Å². The molecule has 0 saturated carbocycles. The van der Waals surface area contributed by atoms with E-state index in [0.29, 0.717) is 30.9 Å². The second kappa shape index (κ2) is 9.71. The monoisotopic (exact) mass is 452 g/mol. The van der Waals surface area contributed by atoms with Gasteiger partial charge in [-0.3, -0.25) is 4.79 Å². The van der Waals surface area contributed by atoms with E-state index in [0.717, 1.165) is 35.6 Å². The quantitative estimate of drug-likeness (QED) is 0.588. The molecule has 6 nitrogen and oxygen atoms in total. The van der Waals surface area contributed by atoms with Gasteiger partial charge < -0.3 is 10.1 Å². The number of hydrogen-bond donors (Lipinski definition) is 1. The normalized spacial score (nSPS) is 14.9. The summed E-state index contributed by atoms with van der Waals surface area (Å²) in [6, 6.07) is 18.9. The molecule has 0 aromatic heterocycles. The van der Waals surface area contributed by atoms with Crippen LogP contribution in [0.25, 0.3) is 10.8 Å². The molecule has 0 spiro atoms. The number of carbonyl (C=O) groups excluding carboxylic acids is 1. The van der Waals surface area contributed by atoms with Crippen molar-refractivity contribution in [3.05, 3.63) is 71.8 Å². The van der Waals surface area contributed by atoms with Crippen LogP contribution in [0.2, 0.25) is 0 Å². The van der Waals surface area contributed by atoms with Gasteiger partial charge in [0.1, 0.15) is 5.75 Å². The molecule has 1 heterocycles. The maximum Gasteiger partial charge on any atom is 0.258 e. The molecule has 1 saturated heterocycles. The van der Waals surface area contributed by atoms with E-state index in [1.54, 1.807) is 29.4 Å². The van der Waals surface area contributed by atoms with Gasteiger partial charge in [0.2, 0.25) is 10.0 Å². The number of ether oxygens (including phenoxy) is 1. The van der Waals surface area contributed by atoms with E-state index in [1.807, 2.05) is 42.5 Å². The third kappa shape index (κ3) is 4.95. The molecule has 1 aliphatic heterocycles. The van der Waals surface area contributed by atoms with Crippen LogP contribution in [0.1, 0.15) is 30.4 Å². The molecule has 32 heavy (non-hydrogen) atoms. The minimum absolute atomic E-state index is 0.135. The van der Waals surface area contributed by atoms with Crippen molar-refractivity contribution in [3.63, 3.8) is 0 Å². The number of piperidine rings is 1. The Morgan fingerprint density at radius 3 is 2.53 bits per heavy atom. The van der Waals surface area contributed by atoms with Crippen molar-refractivity contribution >= 4 is 26.7 Å². The average Bonchev–Trinajstić information content (AvgIpc) is 2.82. The maximum atomic E-state index is 12.9. The van der Waals surface area contributed by atoms with Crippen LogP contribution in [0, 0.1) is 6.92 Å². The second-order valence-electron chi connectivity index (χ2n) is 8.10. The minimum Gasteiger partial charge on any atom is -0.484 e. The van der Waals surface area contributed by atoms with Gasteiger partial charge in [0.15, 0.2) is 6.61 Å². The van der Waals surface area contributed by atoms with E-state index in [2.05, 4.69) is 5.32 Å². The van der Waals surface area contributed by atoms with Crippen molar-refractivity contribution < 1.29 is 17.9 Å². The first-order chi connectivity index (χ1) is 15.4. The molecule has 1 fully saturated rings. The molecule has 4 rings (SSSR count). The third-order valence-corrected chi connectivity index (χ3v) is 7.71. The molecule has 168 valence electrons. The van der Waals surface area contributed by atoms with E-state index in [9.17, 15) is 13.2 Å². The van der Waals surface area contributed by atoms with E-state index >= 15 is 0 Å². The molecule has 0 bridgehead atoms. The summed E-state index contributed by atoms with van der Waals surface area (Å²) in [5.41, 5.74) is 1.73. The number of amides is 1. The highest BCUT2D eigenvalue weighted by atomic mass is 32.2. The summed E-state index contributed by atoms with van der Waals surface area (Å²) in [7, 11) is -3.49. The lowest BCUT2D eigenvalue weighted by Gasteiger charge is -2.26. The lowest BCUT2D eigenvalue weighted by Crippen LogP contribution is -2.35. The van der Waals surface area contributed by atoms with Crippen molar-refractivity contribution in [1.29, 1.82) is 0 Å². The molecule has 0 atom stereocenters. The Labute approximate surface area is 189 Å². The van der Waals surface area contributed by atoms with Crippen LogP contribution in [0.4, 0.5) is 0 Å². The van der Waals surface area contributed by atoms with Crippen molar-refractivity contribution in [2.45, 2.75) is 37.6 Å². The number of benzene rings is 3. The van der Waals surface area contributed by atoms with Crippen LogP contribution in [-0.4, -0.2) is 38.3 Å². The first kappa shape index (κ1) is 22.3. The smallest absolute Gasteiger partial charge is 0.258 e. The maximum absolute atomic E-state index is 12.9. The molecule has 1 N–H and O–H groups in total. The fourth-order valence-electron chi connectivity index (χ4n) is 4.03. The Morgan fingerprint density at radius 1 is 1.00 bits per heavy atom. The summed E-state index contributed by atoms with van der Waals surface area (Å²) in [6.07, 6.45) is 2.86. The van der Waals surface area contributed by atoms with Crippen LogP contribution in [0.3, 0.4) is 0 Å². The van der Waals surface area contributed by atoms with Gasteiger partial charge in [-0.25, -0.2) is 8.42 Å². The summed E-state index contributed by atoms with van der Waals surface area (Å²) < 4.78 is 32.9. The number of hydrogen-bond acceptors (Lipinski definition) is 4. The molecular weight excluding hydrogens is 424 g/mol. The van der Waals surface area contributed by atoms with E-state index in [4.69, 9.17) is 4.74 Å². The SMILES string of the molecule is Cc1cc(S(=O)(=O)N2CCCCC2)ccc1OCC(=O)NCc1cccc2ccccc12. The van der Waals surface area contributed by atoms with Crippen LogP contribution >= 0.6 is 0 Å². The molecule has 0 aliphatic carbocycles. The molecule has 1 aliphatic rings.